The molecular formula is C21H15ClFN3O2. The molecule has 0 saturated heterocycles. The van der Waals surface area contributed by atoms with Gasteiger partial charge in [-0.05, 0) is 29.0 Å². The zero-order chi connectivity index (χ0) is 19.5. The van der Waals surface area contributed by atoms with Crippen LogP contribution < -0.4 is 5.32 Å². The summed E-state index contributed by atoms with van der Waals surface area (Å²) in [7, 11) is 0. The van der Waals surface area contributed by atoms with Gasteiger partial charge in [0.25, 0.3) is 0 Å². The molecule has 1 N–H and O–H groups in total. The molecule has 140 valence electrons. The van der Waals surface area contributed by atoms with Crippen LogP contribution >= 0.6 is 11.6 Å². The molecule has 0 atom stereocenters. The molecule has 1 amide bonds. The SMILES string of the molecule is O=C(CCc1nc(-c2cccc3ccccc23)no1)Nc1ccc(F)c(Cl)c1. The highest BCUT2D eigenvalue weighted by Gasteiger charge is 2.13. The lowest BCUT2D eigenvalue weighted by atomic mass is 10.0. The van der Waals surface area contributed by atoms with Gasteiger partial charge in [0.15, 0.2) is 0 Å². The van der Waals surface area contributed by atoms with Crippen molar-refractivity contribution in [3.8, 4) is 11.4 Å². The Hall–Kier alpha value is -3.25. The highest BCUT2D eigenvalue weighted by Crippen LogP contribution is 2.26. The maximum Gasteiger partial charge on any atom is 0.227 e. The van der Waals surface area contributed by atoms with Gasteiger partial charge in [0.1, 0.15) is 5.82 Å². The number of anilines is 1. The van der Waals surface area contributed by atoms with Crippen LogP contribution in [0.1, 0.15) is 12.3 Å². The molecule has 0 unspecified atom stereocenters. The van der Waals surface area contributed by atoms with Crippen molar-refractivity contribution in [2.45, 2.75) is 12.8 Å². The van der Waals surface area contributed by atoms with Crippen LogP contribution in [0.4, 0.5) is 10.1 Å². The molecule has 0 bridgehead atoms. The summed E-state index contributed by atoms with van der Waals surface area (Å²) >= 11 is 5.71. The van der Waals surface area contributed by atoms with Gasteiger partial charge < -0.3 is 9.84 Å². The van der Waals surface area contributed by atoms with Gasteiger partial charge in [-0.15, -0.1) is 0 Å². The van der Waals surface area contributed by atoms with E-state index in [4.69, 9.17) is 16.1 Å². The van der Waals surface area contributed by atoms with Crippen molar-refractivity contribution in [3.05, 3.63) is 77.4 Å². The molecule has 1 aromatic heterocycles. The minimum Gasteiger partial charge on any atom is -0.339 e. The summed E-state index contributed by atoms with van der Waals surface area (Å²) in [5, 5.41) is 8.78. The van der Waals surface area contributed by atoms with Gasteiger partial charge in [-0.3, -0.25) is 4.79 Å². The fourth-order valence-corrected chi connectivity index (χ4v) is 3.08. The van der Waals surface area contributed by atoms with Crippen LogP contribution in [0.5, 0.6) is 0 Å². The number of aryl methyl sites for hydroxylation is 1. The number of rotatable bonds is 5. The average molecular weight is 396 g/mol. The first-order valence-corrected chi connectivity index (χ1v) is 9.03. The standard InChI is InChI=1S/C21H15ClFN3O2/c22-17-12-14(8-9-18(17)23)24-19(27)10-11-20-25-21(26-28-20)16-7-3-5-13-4-1-2-6-15(13)16/h1-9,12H,10-11H2,(H,24,27). The third kappa shape index (κ3) is 3.87. The Morgan fingerprint density at radius 2 is 1.93 bits per heavy atom. The molecular weight excluding hydrogens is 381 g/mol. The fourth-order valence-electron chi connectivity index (χ4n) is 2.90. The summed E-state index contributed by atoms with van der Waals surface area (Å²) in [6.45, 7) is 0. The molecule has 0 fully saturated rings. The second-order valence-electron chi connectivity index (χ2n) is 6.22. The highest BCUT2D eigenvalue weighted by atomic mass is 35.5. The second-order valence-corrected chi connectivity index (χ2v) is 6.62. The van der Waals surface area contributed by atoms with Crippen LogP contribution in [0.25, 0.3) is 22.2 Å². The third-order valence-electron chi connectivity index (χ3n) is 4.27. The molecule has 0 aliphatic carbocycles. The third-order valence-corrected chi connectivity index (χ3v) is 4.56. The van der Waals surface area contributed by atoms with Crippen molar-refractivity contribution in [2.75, 3.05) is 5.32 Å². The highest BCUT2D eigenvalue weighted by molar-refractivity contribution is 6.31. The predicted octanol–water partition coefficient (Wildman–Crippen LogP) is 5.25. The van der Waals surface area contributed by atoms with Crippen molar-refractivity contribution in [1.82, 2.24) is 10.1 Å². The van der Waals surface area contributed by atoms with Crippen LogP contribution in [-0.4, -0.2) is 16.0 Å². The minimum atomic E-state index is -0.536. The average Bonchev–Trinajstić information content (AvgIpc) is 3.18. The van der Waals surface area contributed by atoms with Gasteiger partial charge in [0.2, 0.25) is 17.6 Å². The van der Waals surface area contributed by atoms with E-state index in [-0.39, 0.29) is 17.4 Å². The zero-order valence-electron chi connectivity index (χ0n) is 14.7. The number of carbonyl (C=O) groups is 1. The summed E-state index contributed by atoms with van der Waals surface area (Å²) in [6, 6.07) is 17.9. The number of nitrogens with zero attached hydrogens (tertiary/aromatic N) is 2. The Morgan fingerprint density at radius 3 is 2.79 bits per heavy atom. The van der Waals surface area contributed by atoms with Crippen LogP contribution in [0, 0.1) is 5.82 Å². The quantitative estimate of drug-likeness (QED) is 0.501. The number of amides is 1. The number of halogens is 2. The van der Waals surface area contributed by atoms with E-state index in [1.54, 1.807) is 0 Å². The zero-order valence-corrected chi connectivity index (χ0v) is 15.4. The molecule has 1 heterocycles. The molecule has 28 heavy (non-hydrogen) atoms. The van der Waals surface area contributed by atoms with Crippen LogP contribution in [0.2, 0.25) is 5.02 Å². The van der Waals surface area contributed by atoms with Crippen molar-refractivity contribution in [2.24, 2.45) is 0 Å². The number of aromatic nitrogens is 2. The molecule has 0 aliphatic heterocycles. The normalized spacial score (nSPS) is 10.9. The topological polar surface area (TPSA) is 68.0 Å². The van der Waals surface area contributed by atoms with Crippen molar-refractivity contribution in [1.29, 1.82) is 0 Å². The number of fused-ring (bicyclic) bond motifs is 1. The van der Waals surface area contributed by atoms with E-state index in [0.29, 0.717) is 23.8 Å². The lowest BCUT2D eigenvalue weighted by Crippen LogP contribution is -2.12. The van der Waals surface area contributed by atoms with Gasteiger partial charge in [-0.2, -0.15) is 4.98 Å². The lowest BCUT2D eigenvalue weighted by Gasteiger charge is -2.04. The molecule has 7 heteroatoms. The van der Waals surface area contributed by atoms with Crippen LogP contribution in [-0.2, 0) is 11.2 Å². The van der Waals surface area contributed by atoms with Gasteiger partial charge in [-0.1, -0.05) is 59.2 Å². The molecule has 0 spiro atoms. The monoisotopic (exact) mass is 395 g/mol. The summed E-state index contributed by atoms with van der Waals surface area (Å²) in [5.74, 6) is 0.0619. The number of nitrogens with one attached hydrogen (secondary N) is 1. The molecule has 5 nitrogen and oxygen atoms in total. The molecule has 0 aliphatic rings. The number of hydrogen-bond acceptors (Lipinski definition) is 4. The van der Waals surface area contributed by atoms with E-state index in [1.807, 2.05) is 42.5 Å². The largest absolute Gasteiger partial charge is 0.339 e. The second kappa shape index (κ2) is 7.78. The predicted molar refractivity (Wildman–Crippen MR) is 106 cm³/mol. The first-order valence-electron chi connectivity index (χ1n) is 8.66. The summed E-state index contributed by atoms with van der Waals surface area (Å²) in [6.07, 6.45) is 0.435. The van der Waals surface area contributed by atoms with Gasteiger partial charge in [0, 0.05) is 24.1 Å². The van der Waals surface area contributed by atoms with Crippen LogP contribution in [0.3, 0.4) is 0 Å². The van der Waals surface area contributed by atoms with Crippen molar-refractivity contribution >= 4 is 34.0 Å². The lowest BCUT2D eigenvalue weighted by molar-refractivity contribution is -0.116. The van der Waals surface area contributed by atoms with Gasteiger partial charge >= 0.3 is 0 Å². The molecule has 4 aromatic rings. The molecule has 0 radical (unpaired) electrons. The maximum atomic E-state index is 13.2. The first kappa shape index (κ1) is 18.1. The fraction of sp³-hybridized carbons (Fsp3) is 0.0952. The first-order chi connectivity index (χ1) is 13.6. The van der Waals surface area contributed by atoms with Crippen LogP contribution in [0.15, 0.2) is 65.2 Å². The van der Waals surface area contributed by atoms with Crippen molar-refractivity contribution in [3.63, 3.8) is 0 Å². The van der Waals surface area contributed by atoms with E-state index < -0.39 is 5.82 Å². The van der Waals surface area contributed by atoms with E-state index in [9.17, 15) is 9.18 Å². The van der Waals surface area contributed by atoms with Gasteiger partial charge in [0.05, 0.1) is 5.02 Å². The molecule has 0 saturated carbocycles. The van der Waals surface area contributed by atoms with Crippen molar-refractivity contribution < 1.29 is 13.7 Å². The molecule has 4 rings (SSSR count). The Bertz CT molecular complexity index is 1150. The Morgan fingerprint density at radius 1 is 1.11 bits per heavy atom. The minimum absolute atomic E-state index is 0.0468. The Balaban J connectivity index is 1.43. The summed E-state index contributed by atoms with van der Waals surface area (Å²) in [5.41, 5.74) is 1.30. The van der Waals surface area contributed by atoms with Gasteiger partial charge in [-0.25, -0.2) is 4.39 Å². The van der Waals surface area contributed by atoms with E-state index >= 15 is 0 Å². The molecule has 3 aromatic carbocycles. The smallest absolute Gasteiger partial charge is 0.227 e. The Kier molecular flexibility index (Phi) is 5.04. The maximum absolute atomic E-state index is 13.2. The Labute approximate surface area is 165 Å². The van der Waals surface area contributed by atoms with E-state index in [1.165, 1.54) is 18.2 Å². The number of carbonyl (C=O) groups excluding carboxylic acids is 1. The summed E-state index contributed by atoms with van der Waals surface area (Å²) < 4.78 is 18.5. The number of hydrogen-bond donors (Lipinski definition) is 1. The van der Waals surface area contributed by atoms with E-state index in [2.05, 4.69) is 15.5 Å². The van der Waals surface area contributed by atoms with E-state index in [0.717, 1.165) is 16.3 Å². The number of benzene rings is 3. The summed E-state index contributed by atoms with van der Waals surface area (Å²) in [4.78, 5) is 16.5.